The first-order chi connectivity index (χ1) is 40.3. The zero-order valence-electron chi connectivity index (χ0n) is 49.8. The monoisotopic (exact) mass is 1140 g/mol. The first-order valence-corrected chi connectivity index (χ1v) is 29.8. The Kier molecular flexibility index (Phi) is 19.4. The second-order valence-electron chi connectivity index (χ2n) is 24.3. The lowest BCUT2D eigenvalue weighted by Gasteiger charge is -2.42. The van der Waals surface area contributed by atoms with Crippen molar-refractivity contribution in [2.45, 2.75) is 160 Å². The summed E-state index contributed by atoms with van der Waals surface area (Å²) in [5, 5.41) is 18.2. The van der Waals surface area contributed by atoms with E-state index < -0.39 is 53.6 Å². The van der Waals surface area contributed by atoms with E-state index >= 15 is 4.79 Å². The number of benzene rings is 5. The minimum absolute atomic E-state index is 0.0725. The van der Waals surface area contributed by atoms with E-state index in [0.29, 0.717) is 17.7 Å². The Bertz CT molecular complexity index is 3200. The van der Waals surface area contributed by atoms with Crippen molar-refractivity contribution in [2.24, 2.45) is 5.41 Å². The molecule has 2 heterocycles. The largest absolute Gasteiger partial charge is 0.489 e. The maximum Gasteiger partial charge on any atom is 0.251 e. The molecule has 0 aromatic heterocycles. The second-order valence-corrected chi connectivity index (χ2v) is 24.3. The predicted octanol–water partition coefficient (Wildman–Crippen LogP) is 6.42. The molecule has 0 bridgehead atoms. The number of carbonyl (C=O) groups is 7. The van der Waals surface area contributed by atoms with Crippen molar-refractivity contribution in [1.82, 2.24) is 46.6 Å². The molecule has 5 unspecified atom stereocenters. The van der Waals surface area contributed by atoms with E-state index in [2.05, 4.69) is 50.1 Å². The number of nitrogens with one attached hydrogen (secondary N) is 6. The lowest BCUT2D eigenvalue weighted by Crippen LogP contribution is -2.59. The summed E-state index contributed by atoms with van der Waals surface area (Å²) in [4.78, 5) is 105. The van der Waals surface area contributed by atoms with Crippen LogP contribution in [0.4, 0.5) is 0 Å². The number of ether oxygens (including phenoxy) is 1. The lowest BCUT2D eigenvalue weighted by atomic mass is 9.85. The number of aryl methyl sites for hydroxylation is 2. The molecule has 2 aliphatic carbocycles. The molecule has 17 nitrogen and oxygen atoms in total. The summed E-state index contributed by atoms with van der Waals surface area (Å²) >= 11 is 0. The molecule has 9 rings (SSSR count). The fourth-order valence-corrected chi connectivity index (χ4v) is 12.3. The lowest BCUT2D eigenvalue weighted by molar-refractivity contribution is -0.149. The molecule has 2 aliphatic heterocycles. The molecule has 0 saturated carbocycles. The second kappa shape index (κ2) is 26.8. The Hall–Kier alpha value is -7.89. The number of amides is 7. The summed E-state index contributed by atoms with van der Waals surface area (Å²) in [7, 11) is 5.21. The molecule has 4 aliphatic rings. The summed E-state index contributed by atoms with van der Waals surface area (Å²) in [6, 6.07) is 33.0. The number of rotatable bonds is 19. The van der Waals surface area contributed by atoms with Gasteiger partial charge in [-0.15, -0.1) is 0 Å². The van der Waals surface area contributed by atoms with Crippen molar-refractivity contribution in [2.75, 3.05) is 27.7 Å². The Labute approximate surface area is 494 Å². The first kappa shape index (κ1) is 60.7. The van der Waals surface area contributed by atoms with Crippen LogP contribution in [0, 0.1) is 5.41 Å². The molecule has 17 heteroatoms. The summed E-state index contributed by atoms with van der Waals surface area (Å²) in [6.07, 6.45) is 6.07. The van der Waals surface area contributed by atoms with Crippen LogP contribution in [0.1, 0.15) is 134 Å². The topological polar surface area (TPSA) is 211 Å². The quantitative estimate of drug-likeness (QED) is 0.0535. The molecule has 84 heavy (non-hydrogen) atoms. The number of carbonyl (C=O) groups excluding carboxylic acids is 7. The molecule has 0 radical (unpaired) electrons. The molecule has 9 atom stereocenters. The van der Waals surface area contributed by atoms with Crippen LogP contribution in [0.3, 0.4) is 0 Å². The average molecular weight is 1140 g/mol. The van der Waals surface area contributed by atoms with E-state index in [9.17, 15) is 28.8 Å². The SMILES string of the molecule is CNC(C)C(=O)NC(Cc1ccc(OCc2ccc(C(=O)N[C@H]3C[C@@H](C(=O)N[C@@H]4CCCc5ccccc54)N(C(=O)C(NC(=O)C(C)NC)C(C)(C)C)C3)cc2)cc1)C(=O)N1Cc2ccccc2CC1C(=O)N(C)[C@@H]1CCCc2ccccc21. The molecule has 5 aromatic carbocycles. The van der Waals surface area contributed by atoms with Gasteiger partial charge < -0.3 is 51.3 Å². The molecular formula is C67H83N9O8. The van der Waals surface area contributed by atoms with Crippen LogP contribution in [0.15, 0.2) is 121 Å². The van der Waals surface area contributed by atoms with Crippen molar-refractivity contribution >= 4 is 41.4 Å². The van der Waals surface area contributed by atoms with Crippen molar-refractivity contribution in [3.05, 3.63) is 171 Å². The van der Waals surface area contributed by atoms with E-state index in [1.807, 2.05) is 124 Å². The molecule has 0 spiro atoms. The maximum absolute atomic E-state index is 15.1. The molecule has 5 aromatic rings. The van der Waals surface area contributed by atoms with Gasteiger partial charge in [-0.3, -0.25) is 33.6 Å². The smallest absolute Gasteiger partial charge is 0.251 e. The van der Waals surface area contributed by atoms with Gasteiger partial charge in [-0.25, -0.2) is 0 Å². The summed E-state index contributed by atoms with van der Waals surface area (Å²) < 4.78 is 6.21. The first-order valence-electron chi connectivity index (χ1n) is 29.8. The third-order valence-corrected chi connectivity index (χ3v) is 17.5. The van der Waals surface area contributed by atoms with Gasteiger partial charge in [0.1, 0.15) is 36.5 Å². The van der Waals surface area contributed by atoms with Gasteiger partial charge in [-0.05, 0) is 147 Å². The minimum atomic E-state index is -0.981. The van der Waals surface area contributed by atoms with Crippen LogP contribution in [0.5, 0.6) is 5.75 Å². The highest BCUT2D eigenvalue weighted by Gasteiger charge is 2.47. The number of likely N-dealkylation sites (tertiary alicyclic amines) is 1. The van der Waals surface area contributed by atoms with Crippen LogP contribution in [0.25, 0.3) is 0 Å². The molecule has 444 valence electrons. The highest BCUT2D eigenvalue weighted by atomic mass is 16.5. The highest BCUT2D eigenvalue weighted by Crippen LogP contribution is 2.36. The Morgan fingerprint density at radius 2 is 1.23 bits per heavy atom. The average Bonchev–Trinajstić information content (AvgIpc) is 3.20. The van der Waals surface area contributed by atoms with E-state index in [-0.39, 0.29) is 80.1 Å². The van der Waals surface area contributed by atoms with Gasteiger partial charge in [0.25, 0.3) is 5.91 Å². The Morgan fingerprint density at radius 3 is 1.88 bits per heavy atom. The van der Waals surface area contributed by atoms with E-state index in [1.165, 1.54) is 16.0 Å². The number of fused-ring (bicyclic) bond motifs is 3. The van der Waals surface area contributed by atoms with Crippen LogP contribution in [0.2, 0.25) is 0 Å². The van der Waals surface area contributed by atoms with Gasteiger partial charge in [0.05, 0.1) is 24.2 Å². The van der Waals surface area contributed by atoms with Crippen molar-refractivity contribution in [3.8, 4) is 5.75 Å². The fourth-order valence-electron chi connectivity index (χ4n) is 12.3. The number of likely N-dealkylation sites (N-methyl/N-ethyl adjacent to an activating group) is 3. The summed E-state index contributed by atoms with van der Waals surface area (Å²) in [5.41, 5.74) is 7.89. The Morgan fingerprint density at radius 1 is 0.643 bits per heavy atom. The highest BCUT2D eigenvalue weighted by molar-refractivity contribution is 5.97. The van der Waals surface area contributed by atoms with Crippen LogP contribution >= 0.6 is 0 Å². The van der Waals surface area contributed by atoms with Crippen molar-refractivity contribution in [1.29, 1.82) is 0 Å². The van der Waals surface area contributed by atoms with E-state index in [4.69, 9.17) is 4.74 Å². The summed E-state index contributed by atoms with van der Waals surface area (Å²) in [5.74, 6) is -1.64. The number of hydrogen-bond donors (Lipinski definition) is 6. The van der Waals surface area contributed by atoms with E-state index in [1.54, 1.807) is 45.0 Å². The molecule has 6 N–H and O–H groups in total. The number of hydrogen-bond acceptors (Lipinski definition) is 10. The summed E-state index contributed by atoms with van der Waals surface area (Å²) in [6.45, 7) is 9.55. The molecule has 7 amide bonds. The van der Waals surface area contributed by atoms with Crippen LogP contribution in [-0.2, 0) is 67.6 Å². The third-order valence-electron chi connectivity index (χ3n) is 17.5. The Balaban J connectivity index is 0.850. The van der Waals surface area contributed by atoms with Gasteiger partial charge in [0.2, 0.25) is 35.4 Å². The molecular weight excluding hydrogens is 1060 g/mol. The molecule has 1 fully saturated rings. The number of nitrogens with zero attached hydrogens (tertiary/aromatic N) is 3. The van der Waals surface area contributed by atoms with E-state index in [0.717, 1.165) is 71.9 Å². The fraction of sp³-hybridized carbons (Fsp3) is 0.448. The van der Waals surface area contributed by atoms with Crippen LogP contribution < -0.4 is 36.6 Å². The van der Waals surface area contributed by atoms with Crippen molar-refractivity contribution < 1.29 is 38.3 Å². The van der Waals surface area contributed by atoms with Gasteiger partial charge >= 0.3 is 0 Å². The van der Waals surface area contributed by atoms with Crippen molar-refractivity contribution in [3.63, 3.8) is 0 Å². The normalized spacial score (nSPS) is 20.5. The zero-order valence-corrected chi connectivity index (χ0v) is 49.8. The van der Waals surface area contributed by atoms with Gasteiger partial charge in [0, 0.05) is 44.6 Å². The standard InChI is InChI=1S/C67H83N9O8/c1-41(68-6)60(77)72-55(64(81)75-38-49-20-10-9-19-48(49)36-58(75)65(82)74(8)56-26-16-22-46-18-12-14-24-53(46)56)35-43-29-33-51(34-30-43)84-40-44-27-31-47(32-28-44)62(79)70-50-37-57(63(80)71-54-25-15-21-45-17-11-13-23-52(45)54)76(39-50)66(83)59(67(3,4)5)73-61(78)42(2)69-7/h9-14,17-20,23-24,27-34,41-42,50,54-59,68-69H,15-16,21-22,25-26,35-40H2,1-8H3,(H,70,79)(H,71,80)(H,72,77)(H,73,78)/t41?,42?,50-,54+,55?,56+,57-,58?,59?/m0/s1. The zero-order chi connectivity index (χ0) is 59.8. The minimum Gasteiger partial charge on any atom is -0.489 e. The third kappa shape index (κ3) is 14.0. The van der Waals surface area contributed by atoms with Crippen LogP contribution in [-0.4, -0.2) is 126 Å². The van der Waals surface area contributed by atoms with Gasteiger partial charge in [0.15, 0.2) is 0 Å². The van der Waals surface area contributed by atoms with Gasteiger partial charge in [-0.1, -0.05) is 118 Å². The maximum atomic E-state index is 15.1. The predicted molar refractivity (Wildman–Crippen MR) is 322 cm³/mol. The molecule has 1 saturated heterocycles. The van der Waals surface area contributed by atoms with Gasteiger partial charge in [-0.2, -0.15) is 0 Å².